The van der Waals surface area contributed by atoms with Gasteiger partial charge in [-0.3, -0.25) is 0 Å². The van der Waals surface area contributed by atoms with Gasteiger partial charge >= 0.3 is 0 Å². The molecule has 0 unspecified atom stereocenters. The van der Waals surface area contributed by atoms with E-state index >= 15 is 0 Å². The molecule has 0 spiro atoms. The Kier molecular flexibility index (Phi) is 12.5. The molecule has 0 radical (unpaired) electrons. The lowest BCUT2D eigenvalue weighted by atomic mass is 10.4. The number of rotatable bonds is 10. The van der Waals surface area contributed by atoms with Gasteiger partial charge in [-0.25, -0.2) is 0 Å². The number of hydrogen-bond acceptors (Lipinski definition) is 3. The fraction of sp³-hybridized carbons (Fsp3) is 1.00. The van der Waals surface area contributed by atoms with E-state index < -0.39 is 0 Å². The normalized spacial score (nSPS) is 10.6. The fourth-order valence-electron chi connectivity index (χ4n) is 0.880. The molecule has 0 atom stereocenters. The molecule has 0 heterocycles. The average Bonchev–Trinajstić information content (AvgIpc) is 2.16. The summed E-state index contributed by atoms with van der Waals surface area (Å²) in [6, 6.07) is 0. The van der Waals surface area contributed by atoms with Gasteiger partial charge in [-0.15, -0.1) is 0 Å². The highest BCUT2D eigenvalue weighted by molar-refractivity contribution is 7.80. The van der Waals surface area contributed by atoms with Crippen molar-refractivity contribution in [2.24, 2.45) is 0 Å². The van der Waals surface area contributed by atoms with Gasteiger partial charge in [0.1, 0.15) is 0 Å². The first kappa shape index (κ1) is 13.3. The smallest absolute Gasteiger partial charge is 0.0487 e. The second kappa shape index (κ2) is 12.3. The van der Waals surface area contributed by atoms with E-state index in [1.165, 1.54) is 12.8 Å². The van der Waals surface area contributed by atoms with Gasteiger partial charge in [0.2, 0.25) is 0 Å². The summed E-state index contributed by atoms with van der Waals surface area (Å²) >= 11 is 4.10. The van der Waals surface area contributed by atoms with Crippen molar-refractivity contribution in [2.45, 2.75) is 32.6 Å². The molecular formula is C10H22O2S. The summed E-state index contributed by atoms with van der Waals surface area (Å²) in [5.74, 6) is 0.910. The molecule has 0 N–H and O–H groups in total. The second-order valence-electron chi connectivity index (χ2n) is 3.01. The van der Waals surface area contributed by atoms with Gasteiger partial charge in [0.05, 0.1) is 0 Å². The highest BCUT2D eigenvalue weighted by Gasteiger charge is 1.90. The van der Waals surface area contributed by atoms with Crippen LogP contribution in [0.1, 0.15) is 32.6 Å². The largest absolute Gasteiger partial charge is 0.381 e. The Morgan fingerprint density at radius 1 is 0.846 bits per heavy atom. The van der Waals surface area contributed by atoms with Gasteiger partial charge in [-0.1, -0.05) is 13.3 Å². The van der Waals surface area contributed by atoms with Gasteiger partial charge in [0, 0.05) is 26.4 Å². The van der Waals surface area contributed by atoms with E-state index in [-0.39, 0.29) is 0 Å². The molecule has 0 amide bonds. The van der Waals surface area contributed by atoms with E-state index in [0.717, 1.165) is 45.0 Å². The molecule has 0 bridgehead atoms. The molecule has 0 saturated heterocycles. The molecule has 2 nitrogen and oxygen atoms in total. The topological polar surface area (TPSA) is 18.5 Å². The summed E-state index contributed by atoms with van der Waals surface area (Å²) in [6.07, 6.45) is 4.43. The molecular weight excluding hydrogens is 184 g/mol. The monoisotopic (exact) mass is 206 g/mol. The highest BCUT2D eigenvalue weighted by atomic mass is 32.1. The predicted molar refractivity (Wildman–Crippen MR) is 59.6 cm³/mol. The van der Waals surface area contributed by atoms with Crippen LogP contribution in [0, 0.1) is 0 Å². The lowest BCUT2D eigenvalue weighted by Gasteiger charge is -2.04. The second-order valence-corrected chi connectivity index (χ2v) is 3.46. The summed E-state index contributed by atoms with van der Waals surface area (Å²) in [5.41, 5.74) is 0. The van der Waals surface area contributed by atoms with E-state index in [1.807, 2.05) is 0 Å². The molecule has 0 aromatic heterocycles. The minimum Gasteiger partial charge on any atom is -0.381 e. The van der Waals surface area contributed by atoms with Gasteiger partial charge in [0.25, 0.3) is 0 Å². The number of unbranched alkanes of at least 4 members (excludes halogenated alkanes) is 1. The zero-order valence-corrected chi connectivity index (χ0v) is 9.52. The Morgan fingerprint density at radius 3 is 1.92 bits per heavy atom. The van der Waals surface area contributed by atoms with E-state index in [4.69, 9.17) is 9.47 Å². The van der Waals surface area contributed by atoms with Crippen LogP contribution >= 0.6 is 12.6 Å². The van der Waals surface area contributed by atoms with E-state index in [0.29, 0.717) is 0 Å². The molecule has 0 saturated carbocycles. The van der Waals surface area contributed by atoms with Crippen molar-refractivity contribution < 1.29 is 9.47 Å². The average molecular weight is 206 g/mol. The van der Waals surface area contributed by atoms with Crippen molar-refractivity contribution in [1.82, 2.24) is 0 Å². The Bertz CT molecular complexity index is 79.0. The van der Waals surface area contributed by atoms with Crippen molar-refractivity contribution >= 4 is 12.6 Å². The first-order valence-corrected chi connectivity index (χ1v) is 5.81. The van der Waals surface area contributed by atoms with E-state index in [2.05, 4.69) is 19.6 Å². The van der Waals surface area contributed by atoms with E-state index in [1.54, 1.807) is 0 Å². The van der Waals surface area contributed by atoms with Gasteiger partial charge in [-0.05, 0) is 25.0 Å². The molecule has 0 rings (SSSR count). The molecule has 0 fully saturated rings. The van der Waals surface area contributed by atoms with Crippen molar-refractivity contribution in [1.29, 1.82) is 0 Å². The third-order valence-corrected chi connectivity index (χ3v) is 1.98. The maximum Gasteiger partial charge on any atom is 0.0487 e. The number of thiol groups is 1. The van der Waals surface area contributed by atoms with Crippen LogP contribution in [0.5, 0.6) is 0 Å². The maximum absolute atomic E-state index is 5.39. The van der Waals surface area contributed by atoms with Crippen LogP contribution in [-0.2, 0) is 9.47 Å². The lowest BCUT2D eigenvalue weighted by Crippen LogP contribution is -2.03. The first-order chi connectivity index (χ1) is 6.41. The molecule has 0 aliphatic carbocycles. The van der Waals surface area contributed by atoms with Crippen LogP contribution in [0.2, 0.25) is 0 Å². The Balaban J connectivity index is 2.76. The van der Waals surface area contributed by atoms with Gasteiger partial charge in [-0.2, -0.15) is 12.6 Å². The standard InChI is InChI=1S/C10H22O2S/c1-2-3-6-11-7-4-8-12-9-5-10-13/h13H,2-10H2,1H3. The van der Waals surface area contributed by atoms with Gasteiger partial charge < -0.3 is 9.47 Å². The third kappa shape index (κ3) is 12.3. The SMILES string of the molecule is CCCCOCCCOCCCS. The van der Waals surface area contributed by atoms with Crippen molar-refractivity contribution in [3.05, 3.63) is 0 Å². The molecule has 13 heavy (non-hydrogen) atoms. The van der Waals surface area contributed by atoms with E-state index in [9.17, 15) is 0 Å². The lowest BCUT2D eigenvalue weighted by molar-refractivity contribution is 0.0821. The molecule has 0 aliphatic rings. The van der Waals surface area contributed by atoms with Crippen LogP contribution in [-0.4, -0.2) is 32.2 Å². The molecule has 3 heteroatoms. The third-order valence-electron chi connectivity index (χ3n) is 1.67. The number of hydrogen-bond donors (Lipinski definition) is 1. The van der Waals surface area contributed by atoms with Crippen LogP contribution in [0.15, 0.2) is 0 Å². The number of ether oxygens (including phenoxy) is 2. The van der Waals surface area contributed by atoms with Crippen molar-refractivity contribution in [2.75, 3.05) is 32.2 Å². The summed E-state index contributed by atoms with van der Waals surface area (Å²) in [7, 11) is 0. The molecule has 0 aromatic rings. The van der Waals surface area contributed by atoms with Gasteiger partial charge in [0.15, 0.2) is 0 Å². The van der Waals surface area contributed by atoms with Crippen LogP contribution < -0.4 is 0 Å². The predicted octanol–water partition coefficient (Wildman–Crippen LogP) is 2.53. The molecule has 0 aromatic carbocycles. The summed E-state index contributed by atoms with van der Waals surface area (Å²) < 4.78 is 10.7. The molecule has 0 aliphatic heterocycles. The van der Waals surface area contributed by atoms with Crippen molar-refractivity contribution in [3.63, 3.8) is 0 Å². The Morgan fingerprint density at radius 2 is 1.38 bits per heavy atom. The van der Waals surface area contributed by atoms with Crippen LogP contribution in [0.25, 0.3) is 0 Å². The summed E-state index contributed by atoms with van der Waals surface area (Å²) in [4.78, 5) is 0. The Labute approximate surface area is 87.4 Å². The Hall–Kier alpha value is 0.270. The summed E-state index contributed by atoms with van der Waals surface area (Å²) in [6.45, 7) is 5.55. The maximum atomic E-state index is 5.39. The first-order valence-electron chi connectivity index (χ1n) is 5.18. The minimum atomic E-state index is 0.819. The molecule has 80 valence electrons. The van der Waals surface area contributed by atoms with Crippen LogP contribution in [0.3, 0.4) is 0 Å². The minimum absolute atomic E-state index is 0.819. The summed E-state index contributed by atoms with van der Waals surface area (Å²) in [5, 5.41) is 0. The highest BCUT2D eigenvalue weighted by Crippen LogP contribution is 1.91. The fourth-order valence-corrected chi connectivity index (χ4v) is 1.01. The zero-order valence-electron chi connectivity index (χ0n) is 8.63. The quantitative estimate of drug-likeness (QED) is 0.437. The van der Waals surface area contributed by atoms with Crippen LogP contribution in [0.4, 0.5) is 0 Å². The zero-order chi connectivity index (χ0) is 9.78. The van der Waals surface area contributed by atoms with Crippen molar-refractivity contribution in [3.8, 4) is 0 Å².